The van der Waals surface area contributed by atoms with E-state index in [1.807, 2.05) is 32.0 Å². The summed E-state index contributed by atoms with van der Waals surface area (Å²) < 4.78 is 33.8. The summed E-state index contributed by atoms with van der Waals surface area (Å²) in [6, 6.07) is 26.0. The van der Waals surface area contributed by atoms with Gasteiger partial charge in [0.15, 0.2) is 16.1 Å². The summed E-state index contributed by atoms with van der Waals surface area (Å²) in [5, 5.41) is 1.68. The van der Waals surface area contributed by atoms with E-state index < -0.39 is 27.3 Å². The molecule has 2 aliphatic heterocycles. The number of ether oxygens (including phenoxy) is 2. The number of aryl methyl sites for hydroxylation is 1. The molecule has 0 bridgehead atoms. The fourth-order valence-electron chi connectivity index (χ4n) is 7.51. The molecule has 0 saturated carbocycles. The predicted octanol–water partition coefficient (Wildman–Crippen LogP) is 8.61. The number of hydroxylamine groups is 1. The van der Waals surface area contributed by atoms with Gasteiger partial charge in [0, 0.05) is 34.6 Å². The van der Waals surface area contributed by atoms with E-state index in [4.69, 9.17) is 20.0 Å². The van der Waals surface area contributed by atoms with Gasteiger partial charge in [-0.3, -0.25) is 9.59 Å². The number of carbonyl (C=O) groups excluding carboxylic acids is 2. The van der Waals surface area contributed by atoms with Crippen LogP contribution >= 0.6 is 11.3 Å². The number of sulfone groups is 1. The highest BCUT2D eigenvalue weighted by Gasteiger charge is 2.27. The third-order valence-corrected chi connectivity index (χ3v) is 13.3. The molecule has 3 aromatic carbocycles. The van der Waals surface area contributed by atoms with Gasteiger partial charge in [0.2, 0.25) is 5.91 Å². The largest absolute Gasteiger partial charge is 0.370 e. The molecule has 11 heteroatoms. The number of thiophene rings is 1. The molecule has 4 aliphatic rings. The van der Waals surface area contributed by atoms with Crippen LogP contribution in [0.15, 0.2) is 96.4 Å². The summed E-state index contributed by atoms with van der Waals surface area (Å²) >= 11 is 1.80. The summed E-state index contributed by atoms with van der Waals surface area (Å²) in [5.41, 5.74) is 16.7. The fraction of sp³-hybridized carbons (Fsp3) is 0.333. The van der Waals surface area contributed by atoms with Gasteiger partial charge >= 0.3 is 0 Å². The lowest BCUT2D eigenvalue weighted by atomic mass is 9.78. The Morgan fingerprint density at radius 1 is 0.911 bits per heavy atom. The molecule has 2 amide bonds. The minimum Gasteiger partial charge on any atom is -0.370 e. The van der Waals surface area contributed by atoms with E-state index in [1.165, 1.54) is 55.5 Å². The van der Waals surface area contributed by atoms with Gasteiger partial charge in [-0.25, -0.2) is 13.3 Å². The maximum absolute atomic E-state index is 13.2. The van der Waals surface area contributed by atoms with Crippen molar-refractivity contribution in [2.45, 2.75) is 82.9 Å². The zero-order valence-electron chi connectivity index (χ0n) is 31.8. The Balaban J connectivity index is 0.000000344. The van der Waals surface area contributed by atoms with Crippen molar-refractivity contribution in [2.75, 3.05) is 18.3 Å². The molecule has 1 fully saturated rings. The van der Waals surface area contributed by atoms with Gasteiger partial charge in [-0.1, -0.05) is 72.8 Å². The Hall–Kier alpha value is -4.65. The van der Waals surface area contributed by atoms with E-state index in [-0.39, 0.29) is 25.0 Å². The van der Waals surface area contributed by atoms with Crippen LogP contribution in [-0.2, 0) is 53.0 Å². The highest BCUT2D eigenvalue weighted by molar-refractivity contribution is 7.95. The maximum Gasteiger partial charge on any atom is 0.276 e. The van der Waals surface area contributed by atoms with Gasteiger partial charge in [-0.2, -0.15) is 5.06 Å². The quantitative estimate of drug-likeness (QED) is 0.160. The van der Waals surface area contributed by atoms with Gasteiger partial charge in [-0.15, -0.1) is 11.3 Å². The van der Waals surface area contributed by atoms with Crippen LogP contribution in [-0.4, -0.2) is 51.1 Å². The van der Waals surface area contributed by atoms with Crippen LogP contribution in [0, 0.1) is 0 Å². The number of nitrogens with two attached hydrogens (primary N) is 1. The van der Waals surface area contributed by atoms with Crippen molar-refractivity contribution in [1.82, 2.24) is 0 Å². The lowest BCUT2D eigenvalue weighted by Gasteiger charge is -2.29. The van der Waals surface area contributed by atoms with Crippen LogP contribution < -0.4 is 10.8 Å². The van der Waals surface area contributed by atoms with Crippen LogP contribution in [0.5, 0.6) is 0 Å². The Morgan fingerprint density at radius 3 is 2.52 bits per heavy atom. The average Bonchev–Trinajstić information content (AvgIpc) is 3.71. The topological polar surface area (TPSA) is 125 Å². The maximum atomic E-state index is 13.2. The van der Waals surface area contributed by atoms with Crippen LogP contribution in [0.25, 0.3) is 33.2 Å². The highest BCUT2D eigenvalue weighted by Crippen LogP contribution is 2.42. The molecule has 0 radical (unpaired) electrons. The molecule has 3 heterocycles. The number of carbonyl (C=O) groups is 2. The van der Waals surface area contributed by atoms with Crippen LogP contribution in [0.2, 0.25) is 0 Å². The summed E-state index contributed by atoms with van der Waals surface area (Å²) in [5.74, 6) is -0.850. The number of hydrogen-bond acceptors (Lipinski definition) is 8. The van der Waals surface area contributed by atoms with E-state index in [1.54, 1.807) is 23.0 Å². The molecule has 292 valence electrons. The predicted molar refractivity (Wildman–Crippen MR) is 223 cm³/mol. The molecule has 2 atom stereocenters. The Bertz CT molecular complexity index is 2280. The first kappa shape index (κ1) is 39.6. The van der Waals surface area contributed by atoms with E-state index in [2.05, 4.69) is 60.7 Å². The van der Waals surface area contributed by atoms with Crippen LogP contribution in [0.3, 0.4) is 0 Å². The molecule has 4 aromatic rings. The highest BCUT2D eigenvalue weighted by atomic mass is 32.2. The van der Waals surface area contributed by atoms with Gasteiger partial charge in [0.25, 0.3) is 5.91 Å². The number of fused-ring (bicyclic) bond motifs is 5. The van der Waals surface area contributed by atoms with Crippen LogP contribution in [0.4, 0.5) is 5.69 Å². The number of hydrogen-bond donors (Lipinski definition) is 1. The number of primary amides is 1. The number of benzene rings is 3. The van der Waals surface area contributed by atoms with Crippen molar-refractivity contribution in [3.8, 4) is 21.6 Å². The second-order valence-electron chi connectivity index (χ2n) is 14.7. The number of amides is 2. The van der Waals surface area contributed by atoms with Crippen molar-refractivity contribution in [3.05, 3.63) is 124 Å². The van der Waals surface area contributed by atoms with Crippen molar-refractivity contribution in [3.63, 3.8) is 0 Å². The number of nitrogens with zero attached hydrogens (tertiary/aromatic N) is 1. The summed E-state index contributed by atoms with van der Waals surface area (Å²) in [6.45, 7) is 4.43. The minimum atomic E-state index is -3.29. The standard InChI is InChI=1S/C38H39NO4S.C7H9NO3S/c1-25(2)42-24-37(40)39(43-38-12-5-6-21-41-38)30-10-7-9-28(23-30)35-19-20-36(44-35)29-15-16-32-27(22-29)14-18-33-31-11-4-3-8-26(31)13-17-34(32)33;8-7(9)5-6-3-1-2-4-12(6,10)11/h3-4,7-11,14,18-20,22-23,25,38H,5-6,12-13,15-17,21,24H2,1-2H3;1-4,6H,5H2,(H2,8,9). The van der Waals surface area contributed by atoms with Crippen molar-refractivity contribution < 1.29 is 32.3 Å². The van der Waals surface area contributed by atoms with Crippen molar-refractivity contribution in [1.29, 1.82) is 0 Å². The fourth-order valence-corrected chi connectivity index (χ4v) is 9.78. The first-order chi connectivity index (χ1) is 27.1. The summed E-state index contributed by atoms with van der Waals surface area (Å²) in [4.78, 5) is 32.3. The second-order valence-corrected chi connectivity index (χ2v) is 17.8. The second kappa shape index (κ2) is 17.7. The Morgan fingerprint density at radius 2 is 1.73 bits per heavy atom. The van der Waals surface area contributed by atoms with Gasteiger partial charge in [-0.05, 0) is 121 Å². The zero-order chi connectivity index (χ0) is 39.2. The normalized spacial score (nSPS) is 19.2. The summed E-state index contributed by atoms with van der Waals surface area (Å²) in [7, 11) is -3.29. The van der Waals surface area contributed by atoms with Crippen LogP contribution in [0.1, 0.15) is 73.1 Å². The number of rotatable bonds is 10. The molecule has 9 nitrogen and oxygen atoms in total. The smallest absolute Gasteiger partial charge is 0.276 e. The molecule has 1 saturated heterocycles. The molecule has 2 unspecified atom stereocenters. The van der Waals surface area contributed by atoms with Gasteiger partial charge in [0.05, 0.1) is 17.0 Å². The van der Waals surface area contributed by atoms with E-state index in [0.717, 1.165) is 60.8 Å². The molecule has 56 heavy (non-hydrogen) atoms. The monoisotopic (exact) mass is 792 g/mol. The summed E-state index contributed by atoms with van der Waals surface area (Å²) in [6.07, 6.45) is 13.4. The molecule has 2 aliphatic carbocycles. The van der Waals surface area contributed by atoms with E-state index >= 15 is 0 Å². The minimum absolute atomic E-state index is 0.0502. The average molecular weight is 793 g/mol. The Labute approximate surface area is 333 Å². The molecule has 8 rings (SSSR count). The number of allylic oxidation sites excluding steroid dienone is 3. The van der Waals surface area contributed by atoms with E-state index in [9.17, 15) is 18.0 Å². The molecular weight excluding hydrogens is 745 g/mol. The van der Waals surface area contributed by atoms with Crippen molar-refractivity contribution >= 4 is 50.3 Å². The molecular formula is C45H48N2O7S2. The lowest BCUT2D eigenvalue weighted by molar-refractivity contribution is -0.179. The lowest BCUT2D eigenvalue weighted by Crippen LogP contribution is -2.40. The van der Waals surface area contributed by atoms with Gasteiger partial charge in [0.1, 0.15) is 6.61 Å². The van der Waals surface area contributed by atoms with E-state index in [0.29, 0.717) is 12.3 Å². The third-order valence-electron chi connectivity index (χ3n) is 10.3. The molecule has 1 aromatic heterocycles. The molecule has 2 N–H and O–H groups in total. The first-order valence-electron chi connectivity index (χ1n) is 19.3. The zero-order valence-corrected chi connectivity index (χ0v) is 33.4. The Kier molecular flexibility index (Phi) is 12.5. The van der Waals surface area contributed by atoms with Gasteiger partial charge < -0.3 is 15.2 Å². The van der Waals surface area contributed by atoms with Crippen molar-refractivity contribution in [2.24, 2.45) is 5.73 Å². The first-order valence-corrected chi connectivity index (χ1v) is 21.7. The molecule has 0 spiro atoms. The third kappa shape index (κ3) is 9.30. The SMILES string of the molecule is CC(C)OCC(=O)N(OC1CCCCO1)c1cccc(-c2ccc(C3=Cc4ccc5c(c4CC3)CCc3ccccc3-5)s2)c1.NC(=O)CC1C=CC=CS1(=O)=O. The number of anilines is 1.